The summed E-state index contributed by atoms with van der Waals surface area (Å²) in [5.74, 6) is 0.798. The molecule has 3 fully saturated rings. The highest BCUT2D eigenvalue weighted by Crippen LogP contribution is 2.41. The molecule has 0 bridgehead atoms. The third-order valence-corrected chi connectivity index (χ3v) is 7.60. The van der Waals surface area contributed by atoms with Gasteiger partial charge < -0.3 is 14.5 Å². The van der Waals surface area contributed by atoms with Gasteiger partial charge in [0.1, 0.15) is 0 Å². The normalized spacial score (nSPS) is 26.7. The number of hydrogen-bond donors (Lipinski definition) is 1. The molecule has 1 amide bonds. The van der Waals surface area contributed by atoms with E-state index in [0.29, 0.717) is 26.2 Å². The first-order valence-electron chi connectivity index (χ1n) is 12.4. The quantitative estimate of drug-likeness (QED) is 0.645. The van der Waals surface area contributed by atoms with E-state index >= 15 is 0 Å². The summed E-state index contributed by atoms with van der Waals surface area (Å²) in [7, 11) is 0. The Labute approximate surface area is 203 Å². The van der Waals surface area contributed by atoms with Crippen LogP contribution < -0.4 is 4.90 Å². The van der Waals surface area contributed by atoms with Crippen LogP contribution in [0.3, 0.4) is 0 Å². The highest BCUT2D eigenvalue weighted by molar-refractivity contribution is 5.50. The molecule has 10 heteroatoms. The summed E-state index contributed by atoms with van der Waals surface area (Å²) >= 11 is 0. The van der Waals surface area contributed by atoms with Gasteiger partial charge >= 0.3 is 6.18 Å². The Balaban J connectivity index is 1.45. The van der Waals surface area contributed by atoms with Crippen molar-refractivity contribution in [2.75, 3.05) is 50.8 Å². The molecular formula is C25H32F3N5O2. The zero-order chi connectivity index (χ0) is 24.4. The van der Waals surface area contributed by atoms with Gasteiger partial charge in [0.15, 0.2) is 5.82 Å². The lowest BCUT2D eigenvalue weighted by atomic mass is 9.80. The smallest absolute Gasteiger partial charge is 0.379 e. The van der Waals surface area contributed by atoms with Crippen LogP contribution in [-0.2, 0) is 15.7 Å². The monoisotopic (exact) mass is 491 g/mol. The Morgan fingerprint density at radius 3 is 2.40 bits per heavy atom. The van der Waals surface area contributed by atoms with Gasteiger partial charge in [0.2, 0.25) is 6.41 Å². The molecule has 3 unspecified atom stereocenters. The highest BCUT2D eigenvalue weighted by atomic mass is 19.4. The van der Waals surface area contributed by atoms with Crippen LogP contribution >= 0.6 is 0 Å². The first kappa shape index (κ1) is 24.1. The summed E-state index contributed by atoms with van der Waals surface area (Å²) < 4.78 is 44.8. The van der Waals surface area contributed by atoms with Crippen molar-refractivity contribution >= 4 is 12.2 Å². The van der Waals surface area contributed by atoms with Gasteiger partial charge in [-0.1, -0.05) is 12.1 Å². The van der Waals surface area contributed by atoms with E-state index in [0.717, 1.165) is 74.6 Å². The lowest BCUT2D eigenvalue weighted by molar-refractivity contribution is -0.137. The van der Waals surface area contributed by atoms with Crippen LogP contribution in [0.4, 0.5) is 19.0 Å². The van der Waals surface area contributed by atoms with E-state index in [1.165, 1.54) is 6.42 Å². The van der Waals surface area contributed by atoms with Crippen molar-refractivity contribution in [3.63, 3.8) is 0 Å². The zero-order valence-corrected chi connectivity index (χ0v) is 19.7. The van der Waals surface area contributed by atoms with E-state index in [2.05, 4.69) is 26.1 Å². The number of nitrogens with zero attached hydrogens (tertiary/aromatic N) is 4. The average molecular weight is 492 g/mol. The first-order chi connectivity index (χ1) is 16.9. The molecule has 3 aliphatic rings. The maximum atomic E-state index is 13.1. The molecule has 3 atom stereocenters. The average Bonchev–Trinajstić information content (AvgIpc) is 3.39. The Morgan fingerprint density at radius 1 is 1.03 bits per heavy atom. The lowest BCUT2D eigenvalue weighted by Crippen LogP contribution is -2.58. The van der Waals surface area contributed by atoms with Gasteiger partial charge in [-0.25, -0.2) is 0 Å². The molecule has 3 aliphatic heterocycles. The molecule has 0 spiro atoms. The minimum Gasteiger partial charge on any atom is -0.379 e. The highest BCUT2D eigenvalue weighted by Gasteiger charge is 2.42. The fourth-order valence-electron chi connectivity index (χ4n) is 5.78. The van der Waals surface area contributed by atoms with Crippen molar-refractivity contribution in [2.24, 2.45) is 0 Å². The molecule has 4 heterocycles. The Hall–Kier alpha value is -2.59. The number of carbonyl (C=O) groups is 1. The van der Waals surface area contributed by atoms with Crippen LogP contribution in [0.2, 0.25) is 0 Å². The second-order valence-corrected chi connectivity index (χ2v) is 9.75. The number of amides is 1. The van der Waals surface area contributed by atoms with Crippen molar-refractivity contribution in [3.8, 4) is 0 Å². The van der Waals surface area contributed by atoms with Crippen molar-refractivity contribution < 1.29 is 22.7 Å². The fourth-order valence-corrected chi connectivity index (χ4v) is 5.78. The molecule has 0 radical (unpaired) electrons. The van der Waals surface area contributed by atoms with E-state index in [4.69, 9.17) is 4.74 Å². The number of H-pyrrole nitrogens is 1. The van der Waals surface area contributed by atoms with Crippen LogP contribution in [0, 0.1) is 0 Å². The fraction of sp³-hybridized carbons (Fsp3) is 0.600. The number of nitrogens with one attached hydrogen (secondary N) is 1. The minimum atomic E-state index is -4.37. The van der Waals surface area contributed by atoms with Crippen molar-refractivity contribution in [3.05, 3.63) is 47.2 Å². The number of aromatic amines is 1. The second kappa shape index (κ2) is 10.2. The predicted molar refractivity (Wildman–Crippen MR) is 125 cm³/mol. The van der Waals surface area contributed by atoms with Crippen LogP contribution in [0.25, 0.3) is 0 Å². The number of ether oxygens (including phenoxy) is 1. The van der Waals surface area contributed by atoms with Crippen LogP contribution in [0.15, 0.2) is 30.3 Å². The van der Waals surface area contributed by atoms with Gasteiger partial charge in [-0.15, -0.1) is 0 Å². The van der Waals surface area contributed by atoms with E-state index in [1.54, 1.807) is 12.1 Å². The second-order valence-electron chi connectivity index (χ2n) is 9.75. The Bertz CT molecular complexity index is 984. The molecular weight excluding hydrogens is 459 g/mol. The molecule has 35 heavy (non-hydrogen) atoms. The number of hydrogen-bond acceptors (Lipinski definition) is 5. The number of anilines is 1. The standard InChI is InChI=1S/C25H32F3N5O2/c26-25(27,28)20-6-4-18(5-7-20)19-14-21(22-15-23(30-29-22)31-8-2-1-3-9-31)24(33(16-19)17-34)32-10-12-35-13-11-32/h4-7,15,17,19,21,24H,1-3,8-14,16H2,(H,29,30). The molecule has 1 aromatic carbocycles. The number of alkyl halides is 3. The van der Waals surface area contributed by atoms with Crippen LogP contribution in [-0.4, -0.2) is 78.5 Å². The van der Waals surface area contributed by atoms with Crippen molar-refractivity contribution in [1.29, 1.82) is 0 Å². The summed E-state index contributed by atoms with van der Waals surface area (Å²) in [6.45, 7) is 5.10. The maximum absolute atomic E-state index is 13.1. The third-order valence-electron chi connectivity index (χ3n) is 7.60. The Kier molecular flexibility index (Phi) is 7.02. The number of halogens is 3. The van der Waals surface area contributed by atoms with E-state index in [-0.39, 0.29) is 18.0 Å². The van der Waals surface area contributed by atoms with Gasteiger partial charge in [-0.2, -0.15) is 18.3 Å². The van der Waals surface area contributed by atoms with Crippen molar-refractivity contribution in [2.45, 2.75) is 49.9 Å². The van der Waals surface area contributed by atoms with E-state index in [9.17, 15) is 18.0 Å². The number of carbonyl (C=O) groups excluding carboxylic acids is 1. The molecule has 1 aromatic heterocycles. The zero-order valence-electron chi connectivity index (χ0n) is 19.7. The van der Waals surface area contributed by atoms with E-state index in [1.807, 2.05) is 4.90 Å². The molecule has 0 saturated carbocycles. The molecule has 3 saturated heterocycles. The van der Waals surface area contributed by atoms with Crippen molar-refractivity contribution in [1.82, 2.24) is 20.0 Å². The summed E-state index contributed by atoms with van der Waals surface area (Å²) in [6, 6.07) is 7.47. The lowest BCUT2D eigenvalue weighted by Gasteiger charge is -2.48. The number of benzene rings is 1. The summed E-state index contributed by atoms with van der Waals surface area (Å²) in [4.78, 5) is 18.7. The van der Waals surface area contributed by atoms with Gasteiger partial charge in [0.05, 0.1) is 24.9 Å². The number of aromatic nitrogens is 2. The summed E-state index contributed by atoms with van der Waals surface area (Å²) in [5.41, 5.74) is 1.11. The number of piperidine rings is 2. The maximum Gasteiger partial charge on any atom is 0.416 e. The summed E-state index contributed by atoms with van der Waals surface area (Å²) in [6.07, 6.45) is 0.596. The Morgan fingerprint density at radius 2 is 1.74 bits per heavy atom. The van der Waals surface area contributed by atoms with Crippen LogP contribution in [0.5, 0.6) is 0 Å². The molecule has 5 rings (SSSR count). The largest absolute Gasteiger partial charge is 0.416 e. The molecule has 7 nitrogen and oxygen atoms in total. The molecule has 0 aliphatic carbocycles. The SMILES string of the molecule is O=CN1CC(c2ccc(C(F)(F)F)cc2)CC(c2cc(N3CCCCC3)n[nH]2)C1N1CCOCC1. The molecule has 1 N–H and O–H groups in total. The number of likely N-dealkylation sites (tertiary alicyclic amines) is 1. The third kappa shape index (κ3) is 5.18. The van der Waals surface area contributed by atoms with Gasteiger partial charge in [-0.3, -0.25) is 14.8 Å². The van der Waals surface area contributed by atoms with E-state index < -0.39 is 11.7 Å². The van der Waals surface area contributed by atoms with Gasteiger partial charge in [-0.05, 0) is 43.4 Å². The summed E-state index contributed by atoms with van der Waals surface area (Å²) in [5, 5.41) is 7.85. The first-order valence-corrected chi connectivity index (χ1v) is 12.4. The van der Waals surface area contributed by atoms with Gasteiger partial charge in [0.25, 0.3) is 0 Å². The number of rotatable bonds is 5. The van der Waals surface area contributed by atoms with Crippen LogP contribution in [0.1, 0.15) is 54.3 Å². The van der Waals surface area contributed by atoms with Gasteiger partial charge in [0, 0.05) is 56.3 Å². The minimum absolute atomic E-state index is 0.0506. The molecule has 2 aromatic rings. The molecule has 190 valence electrons. The number of morpholine rings is 1. The predicted octanol–water partition coefficient (Wildman–Crippen LogP) is 3.81. The topological polar surface area (TPSA) is 64.7 Å².